The molecule has 3 aromatic heterocycles. The van der Waals surface area contributed by atoms with Crippen molar-refractivity contribution in [2.75, 3.05) is 0 Å². The van der Waals surface area contributed by atoms with Crippen molar-refractivity contribution >= 4 is 35.3 Å². The summed E-state index contributed by atoms with van der Waals surface area (Å²) in [5.74, 6) is 5.55. The Morgan fingerprint density at radius 1 is 0.153 bits per heavy atom. The molecule has 20 aromatic carbocycles. The van der Waals surface area contributed by atoms with Crippen molar-refractivity contribution in [2.45, 2.75) is 45.6 Å². The highest BCUT2D eigenvalue weighted by molar-refractivity contribution is 8.00. The van der Waals surface area contributed by atoms with Crippen LogP contribution in [0, 0.1) is 34.0 Å². The van der Waals surface area contributed by atoms with Crippen molar-refractivity contribution < 1.29 is 0 Å². The first-order valence-corrected chi connectivity index (χ1v) is 52.1. The summed E-state index contributed by atoms with van der Waals surface area (Å²) in [6.07, 6.45) is 0. The molecule has 150 heavy (non-hydrogen) atoms. The first-order valence-electron chi connectivity index (χ1n) is 49.7. The lowest BCUT2D eigenvalue weighted by molar-refractivity contribution is 0.722. The molecule has 2 unspecified atom stereocenters. The molecule has 29 rings (SSSR count). The molecule has 23 aromatic rings. The van der Waals surface area contributed by atoms with E-state index in [2.05, 4.69) is 322 Å². The van der Waals surface area contributed by atoms with E-state index in [1.165, 1.54) is 108 Å². The summed E-state index contributed by atoms with van der Waals surface area (Å²) in [6.45, 7) is 0. The average Bonchev–Trinajstić information content (AvgIpc) is 1.51. The van der Waals surface area contributed by atoms with Gasteiger partial charge in [0.2, 0.25) is 0 Å². The fourth-order valence-corrected chi connectivity index (χ4v) is 26.6. The monoisotopic (exact) mass is 1960 g/mol. The van der Waals surface area contributed by atoms with Crippen LogP contribution in [0.15, 0.2) is 515 Å². The molecule has 0 saturated heterocycles. The smallest absolute Gasteiger partial charge is 0.165 e. The van der Waals surface area contributed by atoms with E-state index in [-0.39, 0.29) is 0 Å². The fourth-order valence-electron chi connectivity index (χ4n) is 23.0. The quantitative estimate of drug-likeness (QED) is 0.119. The Kier molecular flexibility index (Phi) is 22.3. The number of hydrogen-bond acceptors (Lipinski definition) is 15. The highest BCUT2D eigenvalue weighted by Gasteiger charge is 2.55. The zero-order valence-corrected chi connectivity index (χ0v) is 82.7. The molecule has 3 aliphatic heterocycles. The van der Waals surface area contributed by atoms with Gasteiger partial charge < -0.3 is 0 Å². The minimum Gasteiger partial charge on any atom is -0.208 e. The molecule has 698 valence electrons. The van der Waals surface area contributed by atoms with Crippen molar-refractivity contribution in [2.24, 2.45) is 0 Å². The van der Waals surface area contributed by atoms with Gasteiger partial charge in [0.1, 0.15) is 0 Å². The minimum absolute atomic E-state index is 0.501. The number of hydrogen-bond donors (Lipinski definition) is 0. The van der Waals surface area contributed by atoms with Crippen LogP contribution in [0.2, 0.25) is 0 Å². The predicted octanol–water partition coefficient (Wildman–Crippen LogP) is 32.0. The molecule has 3 aliphatic carbocycles. The van der Waals surface area contributed by atoms with Crippen LogP contribution in [-0.2, 0) is 16.2 Å². The van der Waals surface area contributed by atoms with Crippen LogP contribution in [0.1, 0.15) is 83.5 Å². The van der Waals surface area contributed by atoms with Gasteiger partial charge in [-0.15, -0.1) is 0 Å². The lowest BCUT2D eigenvalue weighted by atomic mass is 9.67. The standard InChI is InChI=1S/2C47H28N4S.C41H24N4S/c48-29-30-25-27-31(28-26-30)34-18-11-22-39-42(34)35-17-7-8-20-37(35)47(39)38-21-9-10-24-41(38)52-43-36(19-12-23-40(43)47)46-50-44(32-13-3-1-4-14-32)49-45(51-46)33-15-5-2-6-16-33;48-29-30-18-20-33(21-19-30)44-49-45(34-24-22-32(23-25-34)31-10-2-1-3-11-31)51-46(50-44)35-26-27-43-41(28-35)47(40-16-8-9-17-42(40)52-43)38-14-6-4-12-36(38)37-13-5-7-15-39(37)47;42-25-26-19-21-31-30-15-7-8-16-32(30)41(34(31)23-26)33-17-9-10-18-36(33)46-37-22-20-29(24-35(37)41)40-44-38(27-11-3-1-4-12-27)43-39(45-40)28-13-5-2-6-14-28/h2*1-28H;1-24H. The third-order valence-corrected chi connectivity index (χ3v) is 33.1. The van der Waals surface area contributed by atoms with Gasteiger partial charge in [-0.25, -0.2) is 44.9 Å². The summed E-state index contributed by atoms with van der Waals surface area (Å²) in [6, 6.07) is 176. The highest BCUT2D eigenvalue weighted by atomic mass is 32.2. The first kappa shape index (κ1) is 89.8. The molecule has 6 heterocycles. The second-order valence-electron chi connectivity index (χ2n) is 37.6. The van der Waals surface area contributed by atoms with Gasteiger partial charge in [0, 0.05) is 79.4 Å². The fraction of sp³-hybridized carbons (Fsp3) is 0.0222. The van der Waals surface area contributed by atoms with Crippen LogP contribution in [0.5, 0.6) is 0 Å². The van der Waals surface area contributed by atoms with Crippen LogP contribution in [0.4, 0.5) is 0 Å². The van der Waals surface area contributed by atoms with E-state index in [9.17, 15) is 15.8 Å². The maximum absolute atomic E-state index is 10.0. The van der Waals surface area contributed by atoms with Crippen LogP contribution < -0.4 is 0 Å². The normalized spacial score (nSPS) is 14.4. The van der Waals surface area contributed by atoms with Gasteiger partial charge in [-0.05, 0) is 213 Å². The van der Waals surface area contributed by atoms with Crippen molar-refractivity contribution in [1.29, 1.82) is 15.8 Å². The van der Waals surface area contributed by atoms with Crippen LogP contribution >= 0.6 is 35.3 Å². The first-order chi connectivity index (χ1) is 74.2. The van der Waals surface area contributed by atoms with E-state index in [1.807, 2.05) is 182 Å². The Morgan fingerprint density at radius 2 is 0.413 bits per heavy atom. The number of nitrogens with zero attached hydrogens (tertiary/aromatic N) is 12. The highest BCUT2D eigenvalue weighted by Crippen LogP contribution is 2.68. The lowest BCUT2D eigenvalue weighted by Gasteiger charge is -2.40. The van der Waals surface area contributed by atoms with E-state index >= 15 is 0 Å². The van der Waals surface area contributed by atoms with Crippen molar-refractivity contribution in [3.63, 3.8) is 0 Å². The molecule has 6 aliphatic rings. The van der Waals surface area contributed by atoms with Crippen LogP contribution in [-0.4, -0.2) is 44.9 Å². The van der Waals surface area contributed by atoms with Crippen LogP contribution in [0.3, 0.4) is 0 Å². The molecule has 0 N–H and O–H groups in total. The van der Waals surface area contributed by atoms with E-state index in [0.29, 0.717) is 69.1 Å². The second kappa shape index (κ2) is 37.2. The Hall–Kier alpha value is -19.1. The zero-order valence-electron chi connectivity index (χ0n) is 80.3. The minimum atomic E-state index is -0.608. The molecule has 2 atom stereocenters. The maximum Gasteiger partial charge on any atom is 0.165 e. The Morgan fingerprint density at radius 3 is 0.833 bits per heavy atom. The van der Waals surface area contributed by atoms with Gasteiger partial charge >= 0.3 is 0 Å². The second-order valence-corrected chi connectivity index (χ2v) is 40.9. The number of benzene rings is 20. The topological polar surface area (TPSA) is 187 Å². The molecule has 15 heteroatoms. The van der Waals surface area contributed by atoms with Crippen molar-refractivity contribution in [3.8, 4) is 176 Å². The summed E-state index contributed by atoms with van der Waals surface area (Å²) in [7, 11) is 0. The van der Waals surface area contributed by atoms with Gasteiger partial charge in [0.05, 0.1) is 51.1 Å². The summed E-state index contributed by atoms with van der Waals surface area (Å²) < 4.78 is 0. The molecule has 0 fully saturated rings. The molecule has 12 nitrogen and oxygen atoms in total. The third kappa shape index (κ3) is 14.9. The van der Waals surface area contributed by atoms with E-state index in [1.54, 1.807) is 35.7 Å². The van der Waals surface area contributed by atoms with E-state index < -0.39 is 16.2 Å². The molecular weight excluding hydrogens is 1890 g/mol. The molecule has 0 radical (unpaired) electrons. The number of aromatic nitrogens is 9. The summed E-state index contributed by atoms with van der Waals surface area (Å²) in [5, 5.41) is 29.0. The molecular formula is C135H80N12S3. The summed E-state index contributed by atoms with van der Waals surface area (Å²) >= 11 is 5.40. The maximum atomic E-state index is 10.0. The number of fused-ring (bicyclic) bond motifs is 27. The van der Waals surface area contributed by atoms with Gasteiger partial charge in [-0.2, -0.15) is 15.8 Å². The van der Waals surface area contributed by atoms with Crippen LogP contribution in [0.25, 0.3) is 158 Å². The Labute approximate surface area is 879 Å². The lowest BCUT2D eigenvalue weighted by Crippen LogP contribution is -2.32. The molecule has 0 bridgehead atoms. The van der Waals surface area contributed by atoms with Gasteiger partial charge in [0.15, 0.2) is 52.4 Å². The van der Waals surface area contributed by atoms with Crippen molar-refractivity contribution in [1.82, 2.24) is 44.9 Å². The molecule has 0 amide bonds. The van der Waals surface area contributed by atoms with E-state index in [4.69, 9.17) is 44.9 Å². The Bertz CT molecular complexity index is 9370. The molecule has 3 spiro atoms. The van der Waals surface area contributed by atoms with E-state index in [0.717, 1.165) is 93.9 Å². The largest absolute Gasteiger partial charge is 0.208 e. The predicted molar refractivity (Wildman–Crippen MR) is 598 cm³/mol. The average molecular weight is 1970 g/mol. The molecule has 0 saturated carbocycles. The van der Waals surface area contributed by atoms with Crippen molar-refractivity contribution in [3.05, 3.63) is 569 Å². The van der Waals surface area contributed by atoms with Gasteiger partial charge in [-0.1, -0.05) is 430 Å². The Balaban J connectivity index is 0.000000111. The zero-order chi connectivity index (χ0) is 100.0. The summed E-state index contributed by atoms with van der Waals surface area (Å²) in [5.41, 5.74) is 35.1. The van der Waals surface area contributed by atoms with Gasteiger partial charge in [-0.3, -0.25) is 0 Å². The number of rotatable bonds is 11. The van der Waals surface area contributed by atoms with Gasteiger partial charge in [0.25, 0.3) is 0 Å². The summed E-state index contributed by atoms with van der Waals surface area (Å²) in [4.78, 5) is 52.8. The third-order valence-electron chi connectivity index (χ3n) is 29.5. The number of nitriles is 3. The SMILES string of the molecule is N#Cc1ccc(-c2cccc3c2-c2ccccc2C32c3ccccc3Sc3c(-c4nc(-c5ccccc5)nc(-c5ccccc5)n4)cccc32)cc1.N#Cc1ccc(-c2nc(-c3ccc(-c4ccccc4)cc3)nc(-c3ccc4c(c3)C3(c5ccccc5S4)c4ccccc4-c4ccccc43)n2)cc1.N#Cc1ccc2c(c1)C1(c3ccccc3Sc3ccc(-c4nc(-c5ccccc5)nc(-c5ccccc5)n4)cc31)c1ccccc1-2.